The maximum Gasteiger partial charge on any atom is 0.137 e. The fourth-order valence-corrected chi connectivity index (χ4v) is 4.55. The van der Waals surface area contributed by atoms with Gasteiger partial charge in [0.1, 0.15) is 37.5 Å². The van der Waals surface area contributed by atoms with E-state index in [1.54, 1.807) is 96.4 Å². The standard InChI is InChI=1S/C7H11N.3C6H7N.2C5H6N2.C5H7N.C4H5N3.C4H6N2.2C3H5N3.11C2H6/c1-6-4-7(2,3)8-5-6;1-6-2-4-7-5-3-6;1-6-3-2-4-7-5-6;1-6-4-2-3-5-7-6;1-5-2-6-4-7-3-5;1-5-4-6-2-3-7-5;1-6-4-2-3-5-6;1-4-6-2-5-3-7-4;1-6-3-2-5-4-6;1-6-3-4-2-5-6;1-6-3-2-4-5-6;11*1-2/h4-5H,1-3H3;3*2-5H,1H3;2*2-4H,1H3;2-5H,1H3;2-3H,1H3;2-4H,1H3;2*2-3H,1H3;11*1-2H3. The topological polar surface area (TPSA) is 225 Å². The molecule has 1 aliphatic rings. The van der Waals surface area contributed by atoms with Crippen LogP contribution in [-0.2, 0) is 28.2 Å². The molecule has 542 valence electrons. The number of rotatable bonds is 0. The van der Waals surface area contributed by atoms with E-state index in [9.17, 15) is 0 Å². The number of imidazole rings is 1. The Morgan fingerprint density at radius 3 is 1.03 bits per heavy atom. The normalized spacial score (nSPS) is 8.68. The van der Waals surface area contributed by atoms with Gasteiger partial charge in [-0.1, -0.05) is 176 Å². The monoisotopic (exact) mass is 1330 g/mol. The van der Waals surface area contributed by atoms with E-state index in [0.717, 1.165) is 22.8 Å². The lowest BCUT2D eigenvalue weighted by molar-refractivity contribution is 0.670. The zero-order valence-electron chi connectivity index (χ0n) is 67.0. The highest BCUT2D eigenvalue weighted by Gasteiger charge is 2.15. The van der Waals surface area contributed by atoms with Gasteiger partial charge in [0, 0.05) is 133 Å². The summed E-state index contributed by atoms with van der Waals surface area (Å²) in [5, 5.41) is 10.8. The quantitative estimate of drug-likeness (QED) is 0.138. The number of hydrogen-bond acceptors (Lipinski definition) is 16. The van der Waals surface area contributed by atoms with Gasteiger partial charge in [-0.25, -0.2) is 34.9 Å². The van der Waals surface area contributed by atoms with Gasteiger partial charge in [0.2, 0.25) is 0 Å². The molecule has 0 fully saturated rings. The fraction of sp³-hybridized carbons (Fsp3) is 0.474. The molecule has 10 aromatic heterocycles. The zero-order chi connectivity index (χ0) is 76.5. The molecule has 20 nitrogen and oxygen atoms in total. The van der Waals surface area contributed by atoms with Crippen molar-refractivity contribution in [2.75, 3.05) is 0 Å². The summed E-state index contributed by atoms with van der Waals surface area (Å²) in [5.74, 6) is 0.759. The summed E-state index contributed by atoms with van der Waals surface area (Å²) in [6.07, 6.45) is 42.1. The Balaban J connectivity index is -0.0000000894. The average Bonchev–Trinajstić information content (AvgIpc) is 3.63. The van der Waals surface area contributed by atoms with Crippen molar-refractivity contribution in [3.05, 3.63) is 237 Å². The highest BCUT2D eigenvalue weighted by molar-refractivity contribution is 5.81. The first-order chi connectivity index (χ1) is 46.5. The van der Waals surface area contributed by atoms with Crippen LogP contribution in [0.2, 0.25) is 0 Å². The molecule has 96 heavy (non-hydrogen) atoms. The molecule has 11 rings (SSSR count). The highest BCUT2D eigenvalue weighted by atomic mass is 15.4. The largest absolute Gasteiger partial charge is 0.357 e. The summed E-state index contributed by atoms with van der Waals surface area (Å²) in [5.41, 5.74) is 6.95. The van der Waals surface area contributed by atoms with Crippen LogP contribution in [0.5, 0.6) is 0 Å². The third-order valence-corrected chi connectivity index (χ3v) is 8.12. The van der Waals surface area contributed by atoms with Gasteiger partial charge < -0.3 is 9.13 Å². The van der Waals surface area contributed by atoms with Gasteiger partial charge in [-0.2, -0.15) is 5.10 Å². The van der Waals surface area contributed by atoms with Crippen molar-refractivity contribution in [1.29, 1.82) is 0 Å². The van der Waals surface area contributed by atoms with Crippen LogP contribution in [0.15, 0.2) is 208 Å². The van der Waals surface area contributed by atoms with Crippen molar-refractivity contribution >= 4 is 6.21 Å². The molecule has 0 aromatic carbocycles. The van der Waals surface area contributed by atoms with E-state index >= 15 is 0 Å². The van der Waals surface area contributed by atoms with Crippen molar-refractivity contribution in [1.82, 2.24) is 93.7 Å². The highest BCUT2D eigenvalue weighted by Crippen LogP contribution is 2.17. The number of pyridine rings is 3. The number of aromatic nitrogens is 19. The van der Waals surface area contributed by atoms with Crippen molar-refractivity contribution in [2.24, 2.45) is 33.2 Å². The van der Waals surface area contributed by atoms with Gasteiger partial charge in [-0.15, -0.1) is 5.10 Å². The molecule has 20 heteroatoms. The molecule has 10 aromatic rings. The molecule has 0 bridgehead atoms. The first-order valence-electron chi connectivity index (χ1n) is 34.0. The molecule has 0 unspecified atom stereocenters. The lowest BCUT2D eigenvalue weighted by Crippen LogP contribution is -2.07. The molecule has 0 N–H and O–H groups in total. The van der Waals surface area contributed by atoms with Crippen LogP contribution in [0.25, 0.3) is 0 Å². The van der Waals surface area contributed by atoms with Crippen molar-refractivity contribution < 1.29 is 0 Å². The van der Waals surface area contributed by atoms with Gasteiger partial charge in [0.05, 0.1) is 23.8 Å². The van der Waals surface area contributed by atoms with Gasteiger partial charge in [0.15, 0.2) is 0 Å². The lowest BCUT2D eigenvalue weighted by atomic mass is 10.1. The van der Waals surface area contributed by atoms with E-state index in [4.69, 9.17) is 0 Å². The van der Waals surface area contributed by atoms with Gasteiger partial charge in [0.25, 0.3) is 0 Å². The Labute approximate surface area is 587 Å². The number of nitrogens with zero attached hydrogens (tertiary/aromatic N) is 20. The number of aryl methyl sites for hydroxylation is 10. The van der Waals surface area contributed by atoms with Gasteiger partial charge in [-0.05, 0) is 127 Å². The SMILES string of the molecule is CC.CC.CC.CC.CC.CC.CC.CC.CC.CC.CC.CC1=CC(C)(C)N=C1.Cc1ccccn1.Cc1cccnc1.Cc1ccncc1.Cc1cnccn1.Cc1cncnc1.Cc1ncncn1.Cn1cccc1.Cn1ccnc1.Cn1ccnn1.Cn1cncn1. The summed E-state index contributed by atoms with van der Waals surface area (Å²) < 4.78 is 7.17. The predicted molar refractivity (Wildman–Crippen MR) is 417 cm³/mol. The third kappa shape index (κ3) is 98.4. The first-order valence-corrected chi connectivity index (χ1v) is 34.0. The second-order valence-electron chi connectivity index (χ2n) is 16.0. The minimum absolute atomic E-state index is 0.0735. The molecular weight excluding hydrogens is 1190 g/mol. The predicted octanol–water partition coefficient (Wildman–Crippen LogP) is 20.1. The maximum absolute atomic E-state index is 4.23. The fourth-order valence-electron chi connectivity index (χ4n) is 4.55. The molecule has 0 saturated carbocycles. The van der Waals surface area contributed by atoms with Gasteiger partial charge in [-0.3, -0.25) is 39.3 Å². The molecule has 0 amide bonds. The van der Waals surface area contributed by atoms with E-state index in [1.807, 2.05) is 317 Å². The first kappa shape index (κ1) is 111. The summed E-state index contributed by atoms with van der Waals surface area (Å²) in [4.78, 5) is 49.8. The number of allylic oxidation sites excluding steroid dienone is 1. The second-order valence-corrected chi connectivity index (χ2v) is 16.0. The number of aliphatic imine (C=N–C) groups is 1. The minimum Gasteiger partial charge on any atom is -0.357 e. The van der Waals surface area contributed by atoms with Crippen LogP contribution < -0.4 is 0 Å². The smallest absolute Gasteiger partial charge is 0.137 e. The van der Waals surface area contributed by atoms with Crippen molar-refractivity contribution in [3.63, 3.8) is 0 Å². The lowest BCUT2D eigenvalue weighted by Gasteiger charge is -2.07. The van der Waals surface area contributed by atoms with Crippen LogP contribution in [0.4, 0.5) is 0 Å². The minimum atomic E-state index is 0.0735. The molecule has 0 aliphatic carbocycles. The maximum atomic E-state index is 4.23. The molecule has 11 heterocycles. The zero-order valence-corrected chi connectivity index (χ0v) is 67.0. The summed E-state index contributed by atoms with van der Waals surface area (Å²) >= 11 is 0. The van der Waals surface area contributed by atoms with Crippen molar-refractivity contribution in [3.8, 4) is 0 Å². The number of hydrogen-bond donors (Lipinski definition) is 0. The Hall–Kier alpha value is -9.20. The second kappa shape index (κ2) is 99.4. The van der Waals surface area contributed by atoms with Crippen LogP contribution in [0, 0.1) is 41.5 Å². The van der Waals surface area contributed by atoms with Crippen molar-refractivity contribution in [2.45, 2.75) is 220 Å². The summed E-state index contributed by atoms with van der Waals surface area (Å²) in [6.45, 7) is 62.0. The molecule has 0 spiro atoms. The molecule has 0 atom stereocenters. The molecule has 0 saturated heterocycles. The molecule has 1 aliphatic heterocycles. The summed E-state index contributed by atoms with van der Waals surface area (Å²) in [6, 6.07) is 17.7. The molecular formula is C76H138N20. The Kier molecular flexibility index (Phi) is 115. The van der Waals surface area contributed by atoms with E-state index < -0.39 is 0 Å². The Bertz CT molecular complexity index is 2350. The van der Waals surface area contributed by atoms with E-state index in [-0.39, 0.29) is 5.54 Å². The van der Waals surface area contributed by atoms with E-state index in [0.29, 0.717) is 0 Å². The Morgan fingerprint density at radius 1 is 0.333 bits per heavy atom. The summed E-state index contributed by atoms with van der Waals surface area (Å²) in [7, 11) is 7.59. The Morgan fingerprint density at radius 2 is 0.854 bits per heavy atom. The average molecular weight is 1330 g/mol. The van der Waals surface area contributed by atoms with Crippen LogP contribution in [-0.4, -0.2) is 105 Å². The molecule has 0 radical (unpaired) electrons. The van der Waals surface area contributed by atoms with Gasteiger partial charge >= 0.3 is 0 Å². The van der Waals surface area contributed by atoms with Crippen LogP contribution in [0.1, 0.15) is 207 Å². The van der Waals surface area contributed by atoms with E-state index in [1.165, 1.54) is 42.0 Å². The van der Waals surface area contributed by atoms with Crippen LogP contribution in [0.3, 0.4) is 0 Å². The van der Waals surface area contributed by atoms with Crippen LogP contribution >= 0.6 is 0 Å². The third-order valence-electron chi connectivity index (χ3n) is 8.12. The van der Waals surface area contributed by atoms with E-state index in [2.05, 4.69) is 107 Å².